The molecule has 0 spiro atoms. The molecule has 6 N–H and O–H groups in total. The molecule has 0 aromatic heterocycles. The average molecular weight is 261 g/mol. The van der Waals surface area contributed by atoms with Crippen LogP contribution >= 0.6 is 0 Å². The fraction of sp³-hybridized carbons (Fsp3) is 1.00. The molecule has 0 aromatic carbocycles. The highest BCUT2D eigenvalue weighted by Gasteiger charge is 2.43. The van der Waals surface area contributed by atoms with Gasteiger partial charge in [0.2, 0.25) is 0 Å². The Labute approximate surface area is 109 Å². The Balaban J connectivity index is 2.65. The summed E-state index contributed by atoms with van der Waals surface area (Å²) in [7, 11) is 0. The van der Waals surface area contributed by atoms with Crippen molar-refractivity contribution in [1.82, 2.24) is 0 Å². The quantitative estimate of drug-likeness (QED) is 0.520. The smallest absolute Gasteiger partial charge is 0.112 e. The normalized spacial score (nSPS) is 23.2. The van der Waals surface area contributed by atoms with Crippen molar-refractivity contribution in [3.05, 3.63) is 0 Å². The summed E-state index contributed by atoms with van der Waals surface area (Å²) < 4.78 is 0. The maximum absolute atomic E-state index is 5.61. The lowest BCUT2D eigenvalue weighted by Crippen LogP contribution is -2.47. The third-order valence-electron chi connectivity index (χ3n) is 3.63. The summed E-state index contributed by atoms with van der Waals surface area (Å²) in [6.07, 6.45) is 5.52. The molecule has 6 heteroatoms. The molecule has 0 amide bonds. The van der Waals surface area contributed by atoms with E-state index in [1.165, 1.54) is 0 Å². The molecular formula is C12H27N3O3. The highest BCUT2D eigenvalue weighted by molar-refractivity contribution is 4.88. The Hall–Kier alpha value is -0.240. The molecule has 1 rings (SSSR count). The molecule has 0 radical (unpaired) electrons. The summed E-state index contributed by atoms with van der Waals surface area (Å²) in [6, 6.07) is 0. The first-order valence-electron chi connectivity index (χ1n) is 6.86. The Bertz CT molecular complexity index is 209. The molecular weight excluding hydrogens is 234 g/mol. The summed E-state index contributed by atoms with van der Waals surface area (Å²) >= 11 is 0. The minimum atomic E-state index is -0.313. The van der Waals surface area contributed by atoms with Crippen LogP contribution in [0.15, 0.2) is 0 Å². The van der Waals surface area contributed by atoms with Gasteiger partial charge < -0.3 is 17.2 Å². The first-order valence-corrected chi connectivity index (χ1v) is 6.86. The van der Waals surface area contributed by atoms with Crippen LogP contribution in [0.1, 0.15) is 38.5 Å². The second kappa shape index (κ2) is 8.79. The van der Waals surface area contributed by atoms with E-state index in [4.69, 9.17) is 32.0 Å². The van der Waals surface area contributed by atoms with E-state index in [0.29, 0.717) is 32.2 Å². The topological polar surface area (TPSA) is 106 Å². The van der Waals surface area contributed by atoms with Gasteiger partial charge in [0.1, 0.15) is 5.60 Å². The minimum Gasteiger partial charge on any atom is -0.330 e. The maximum Gasteiger partial charge on any atom is 0.112 e. The average Bonchev–Trinajstić information content (AvgIpc) is 2.42. The third-order valence-corrected chi connectivity index (χ3v) is 3.63. The predicted octanol–water partition coefficient (Wildman–Crippen LogP) is 0.452. The lowest BCUT2D eigenvalue weighted by atomic mass is 9.77. The van der Waals surface area contributed by atoms with Gasteiger partial charge in [0.25, 0.3) is 0 Å². The van der Waals surface area contributed by atoms with Crippen molar-refractivity contribution in [3.8, 4) is 0 Å². The zero-order valence-electron chi connectivity index (χ0n) is 11.1. The van der Waals surface area contributed by atoms with Crippen LogP contribution in [0.3, 0.4) is 0 Å². The predicted molar refractivity (Wildman–Crippen MR) is 69.2 cm³/mol. The van der Waals surface area contributed by atoms with Crippen molar-refractivity contribution in [1.29, 1.82) is 0 Å². The lowest BCUT2D eigenvalue weighted by molar-refractivity contribution is -0.581. The van der Waals surface area contributed by atoms with Gasteiger partial charge in [-0.3, -0.25) is 0 Å². The molecule has 0 saturated carbocycles. The molecule has 0 aromatic rings. The summed E-state index contributed by atoms with van der Waals surface area (Å²) in [5.74, 6) is 0.299. The number of nitrogens with two attached hydrogens (primary N) is 3. The van der Waals surface area contributed by atoms with Crippen LogP contribution in [0.5, 0.6) is 0 Å². The van der Waals surface area contributed by atoms with Crippen LogP contribution in [0, 0.1) is 5.92 Å². The van der Waals surface area contributed by atoms with Gasteiger partial charge in [0, 0.05) is 5.92 Å². The second-order valence-electron chi connectivity index (χ2n) is 4.91. The van der Waals surface area contributed by atoms with Gasteiger partial charge in [-0.2, -0.15) is 4.89 Å². The second-order valence-corrected chi connectivity index (χ2v) is 4.91. The van der Waals surface area contributed by atoms with Gasteiger partial charge >= 0.3 is 0 Å². The molecule has 108 valence electrons. The molecule has 1 unspecified atom stereocenters. The van der Waals surface area contributed by atoms with E-state index >= 15 is 0 Å². The van der Waals surface area contributed by atoms with Crippen molar-refractivity contribution in [3.63, 3.8) is 0 Å². The van der Waals surface area contributed by atoms with Crippen LogP contribution in [0.2, 0.25) is 0 Å². The highest BCUT2D eigenvalue weighted by atomic mass is 17.5. The van der Waals surface area contributed by atoms with E-state index in [9.17, 15) is 0 Å². The van der Waals surface area contributed by atoms with Crippen LogP contribution in [-0.4, -0.2) is 31.8 Å². The SMILES string of the molecule is NCCCC1COOOC1(CCCN)CCCN. The van der Waals surface area contributed by atoms with Gasteiger partial charge in [-0.1, -0.05) is 5.04 Å². The summed E-state index contributed by atoms with van der Waals surface area (Å²) in [5, 5.41) is 4.78. The molecule has 1 aliphatic rings. The molecule has 1 atom stereocenters. The van der Waals surface area contributed by atoms with Gasteiger partial charge in [-0.05, 0) is 58.2 Å². The molecule has 1 fully saturated rings. The van der Waals surface area contributed by atoms with Crippen LogP contribution in [0.25, 0.3) is 0 Å². The molecule has 18 heavy (non-hydrogen) atoms. The Morgan fingerprint density at radius 1 is 0.944 bits per heavy atom. The van der Waals surface area contributed by atoms with E-state index in [-0.39, 0.29) is 5.60 Å². The Morgan fingerprint density at radius 2 is 1.56 bits per heavy atom. The molecule has 0 aliphatic carbocycles. The van der Waals surface area contributed by atoms with E-state index in [2.05, 4.69) is 0 Å². The van der Waals surface area contributed by atoms with Crippen molar-refractivity contribution >= 4 is 0 Å². The van der Waals surface area contributed by atoms with Crippen LogP contribution < -0.4 is 17.2 Å². The molecule has 1 heterocycles. The largest absolute Gasteiger partial charge is 0.330 e. The van der Waals surface area contributed by atoms with Gasteiger partial charge in [-0.25, -0.2) is 4.89 Å². The molecule has 1 aliphatic heterocycles. The summed E-state index contributed by atoms with van der Waals surface area (Å²) in [5.41, 5.74) is 16.5. The van der Waals surface area contributed by atoms with E-state index in [0.717, 1.165) is 38.5 Å². The van der Waals surface area contributed by atoms with Gasteiger partial charge in [0.15, 0.2) is 0 Å². The van der Waals surface area contributed by atoms with Crippen LogP contribution in [0.4, 0.5) is 0 Å². The standard InChI is InChI=1S/C12H27N3O3/c13-7-1-4-11-10-16-18-17-12(11,5-2-8-14)6-3-9-15/h11H,1-10,13-15H2. The molecule has 6 nitrogen and oxygen atoms in total. The monoisotopic (exact) mass is 261 g/mol. The lowest BCUT2D eigenvalue weighted by Gasteiger charge is -2.41. The van der Waals surface area contributed by atoms with Gasteiger partial charge in [0.05, 0.1) is 6.61 Å². The minimum absolute atomic E-state index is 0.299. The zero-order valence-corrected chi connectivity index (χ0v) is 11.1. The highest BCUT2D eigenvalue weighted by Crippen LogP contribution is 2.38. The van der Waals surface area contributed by atoms with Crippen molar-refractivity contribution in [2.75, 3.05) is 26.2 Å². The van der Waals surface area contributed by atoms with E-state index in [1.807, 2.05) is 0 Å². The fourth-order valence-corrected chi connectivity index (χ4v) is 2.55. The fourth-order valence-electron chi connectivity index (χ4n) is 2.55. The number of hydrogen-bond acceptors (Lipinski definition) is 6. The maximum atomic E-state index is 5.61. The van der Waals surface area contributed by atoms with Crippen LogP contribution in [-0.2, 0) is 14.8 Å². The summed E-state index contributed by atoms with van der Waals surface area (Å²) in [6.45, 7) is 2.53. The van der Waals surface area contributed by atoms with Crippen molar-refractivity contribution in [2.45, 2.75) is 44.1 Å². The molecule has 1 saturated heterocycles. The first kappa shape index (κ1) is 15.8. The zero-order chi connectivity index (χ0) is 13.3. The Kier molecular flexibility index (Phi) is 7.73. The Morgan fingerprint density at radius 3 is 2.11 bits per heavy atom. The third kappa shape index (κ3) is 4.46. The van der Waals surface area contributed by atoms with Crippen molar-refractivity contribution < 1.29 is 14.8 Å². The first-order chi connectivity index (χ1) is 8.79. The number of hydrogen-bond donors (Lipinski definition) is 3. The summed E-state index contributed by atoms with van der Waals surface area (Å²) in [4.78, 5) is 10.5. The number of rotatable bonds is 9. The van der Waals surface area contributed by atoms with E-state index < -0.39 is 0 Å². The van der Waals surface area contributed by atoms with E-state index in [1.54, 1.807) is 0 Å². The van der Waals surface area contributed by atoms with Gasteiger partial charge in [-0.15, -0.1) is 0 Å². The van der Waals surface area contributed by atoms with Crippen molar-refractivity contribution in [2.24, 2.45) is 23.1 Å². The molecule has 0 bridgehead atoms.